The Morgan fingerprint density at radius 2 is 1.39 bits per heavy atom. The van der Waals surface area contributed by atoms with Crippen LogP contribution in [0.15, 0.2) is 11.6 Å². The van der Waals surface area contributed by atoms with Gasteiger partial charge in [-0.25, -0.2) is 4.79 Å². The second-order valence-corrected chi connectivity index (χ2v) is 10.4. The predicted octanol–water partition coefficient (Wildman–Crippen LogP) is 5.30. The zero-order chi connectivity index (χ0) is 17.7. The molecule has 0 aliphatic carbocycles. The van der Waals surface area contributed by atoms with Crippen molar-refractivity contribution in [2.45, 2.75) is 90.8 Å². The molecule has 0 fully saturated rings. The second-order valence-electron chi connectivity index (χ2n) is 6.36. The summed E-state index contributed by atoms with van der Waals surface area (Å²) < 4.78 is 6.04. The molecule has 0 aliphatic heterocycles. The molecule has 0 aromatic heterocycles. The van der Waals surface area contributed by atoms with Crippen molar-refractivity contribution in [3.8, 4) is 0 Å². The first kappa shape index (κ1) is 21.9. The summed E-state index contributed by atoms with van der Waals surface area (Å²) >= 11 is 0. The van der Waals surface area contributed by atoms with Gasteiger partial charge >= 0.3 is 5.97 Å². The minimum atomic E-state index is -2.05. The SMILES string of the molecule is CCCC[Si](CCCC)(CCCC)OC(=O)CC=C(C)C(=O)O. The van der Waals surface area contributed by atoms with Crippen LogP contribution in [0.4, 0.5) is 0 Å². The third kappa shape index (κ3) is 9.59. The van der Waals surface area contributed by atoms with Gasteiger partial charge in [-0.15, -0.1) is 0 Å². The highest BCUT2D eigenvalue weighted by molar-refractivity contribution is 6.75. The van der Waals surface area contributed by atoms with E-state index in [9.17, 15) is 9.59 Å². The van der Waals surface area contributed by atoms with Crippen molar-refractivity contribution < 1.29 is 19.1 Å². The van der Waals surface area contributed by atoms with Crippen molar-refractivity contribution in [2.24, 2.45) is 0 Å². The van der Waals surface area contributed by atoms with Crippen LogP contribution in [-0.4, -0.2) is 25.4 Å². The van der Waals surface area contributed by atoms with Gasteiger partial charge in [0.1, 0.15) is 0 Å². The van der Waals surface area contributed by atoms with Gasteiger partial charge in [-0.3, -0.25) is 4.79 Å². The number of unbranched alkanes of at least 4 members (excludes halogenated alkanes) is 3. The highest BCUT2D eigenvalue weighted by Gasteiger charge is 2.36. The lowest BCUT2D eigenvalue weighted by molar-refractivity contribution is -0.134. The molecule has 0 aromatic carbocycles. The maximum absolute atomic E-state index is 12.3. The van der Waals surface area contributed by atoms with Crippen molar-refractivity contribution in [3.63, 3.8) is 0 Å². The minimum absolute atomic E-state index is 0.0667. The molecular weight excluding hydrogens is 308 g/mol. The summed E-state index contributed by atoms with van der Waals surface area (Å²) in [6.07, 6.45) is 8.19. The van der Waals surface area contributed by atoms with E-state index in [0.717, 1.165) is 56.7 Å². The summed E-state index contributed by atoms with van der Waals surface area (Å²) in [5, 5.41) is 8.86. The van der Waals surface area contributed by atoms with E-state index in [0.29, 0.717) is 0 Å². The van der Waals surface area contributed by atoms with Gasteiger partial charge in [-0.1, -0.05) is 65.4 Å². The predicted molar refractivity (Wildman–Crippen MR) is 97.0 cm³/mol. The standard InChI is InChI=1S/C18H34O4Si/c1-5-8-13-23(14-9-6-2,15-10-7-3)22-17(19)12-11-16(4)18(20)21/h11H,5-10,12-15H2,1-4H3,(H,20,21). The normalized spacial score (nSPS) is 12.3. The first-order valence-corrected chi connectivity index (χ1v) is 11.6. The maximum atomic E-state index is 12.3. The van der Waals surface area contributed by atoms with Gasteiger partial charge in [0, 0.05) is 5.57 Å². The van der Waals surface area contributed by atoms with Crippen molar-refractivity contribution >= 4 is 20.3 Å². The molecule has 0 amide bonds. The van der Waals surface area contributed by atoms with Crippen LogP contribution in [0, 0.1) is 0 Å². The molecule has 5 heteroatoms. The van der Waals surface area contributed by atoms with Crippen LogP contribution >= 0.6 is 0 Å². The van der Waals surface area contributed by atoms with E-state index in [1.54, 1.807) is 0 Å². The molecule has 0 aliphatic rings. The van der Waals surface area contributed by atoms with Crippen molar-refractivity contribution in [1.82, 2.24) is 0 Å². The molecular formula is C18H34O4Si. The van der Waals surface area contributed by atoms with Crippen molar-refractivity contribution in [1.29, 1.82) is 0 Å². The Morgan fingerprint density at radius 3 is 1.74 bits per heavy atom. The molecule has 0 atom stereocenters. The minimum Gasteiger partial charge on any atom is -0.519 e. The summed E-state index contributed by atoms with van der Waals surface area (Å²) in [6, 6.07) is 3.12. The van der Waals surface area contributed by atoms with E-state index in [1.165, 1.54) is 13.0 Å². The van der Waals surface area contributed by atoms with Gasteiger partial charge in [0.25, 0.3) is 14.3 Å². The van der Waals surface area contributed by atoms with Crippen LogP contribution in [0.1, 0.15) is 72.6 Å². The summed E-state index contributed by atoms with van der Waals surface area (Å²) in [4.78, 5) is 23.1. The Balaban J connectivity index is 4.95. The van der Waals surface area contributed by atoms with Gasteiger partial charge in [0.2, 0.25) is 0 Å². The van der Waals surface area contributed by atoms with Crippen LogP contribution < -0.4 is 0 Å². The topological polar surface area (TPSA) is 63.6 Å². The van der Waals surface area contributed by atoms with E-state index in [4.69, 9.17) is 9.53 Å². The molecule has 0 saturated heterocycles. The Bertz CT molecular complexity index is 369. The molecule has 0 bridgehead atoms. The zero-order valence-corrected chi connectivity index (χ0v) is 16.3. The molecule has 23 heavy (non-hydrogen) atoms. The largest absolute Gasteiger partial charge is 0.519 e. The number of hydrogen-bond acceptors (Lipinski definition) is 3. The molecule has 0 radical (unpaired) electrons. The fourth-order valence-corrected chi connectivity index (χ4v) is 7.25. The number of aliphatic carboxylic acids is 1. The molecule has 4 nitrogen and oxygen atoms in total. The number of carboxylic acid groups (broad SMARTS) is 1. The first-order chi connectivity index (χ1) is 10.9. The molecule has 0 spiro atoms. The lowest BCUT2D eigenvalue weighted by Crippen LogP contribution is -2.40. The second kappa shape index (κ2) is 12.3. The van der Waals surface area contributed by atoms with Crippen LogP contribution in [0.3, 0.4) is 0 Å². The highest BCUT2D eigenvalue weighted by atomic mass is 28.4. The van der Waals surface area contributed by atoms with Crippen LogP contribution in [0.5, 0.6) is 0 Å². The first-order valence-electron chi connectivity index (χ1n) is 9.02. The Labute approximate surface area is 142 Å². The van der Waals surface area contributed by atoms with Gasteiger partial charge < -0.3 is 9.53 Å². The smallest absolute Gasteiger partial charge is 0.330 e. The number of carboxylic acids is 1. The van der Waals surface area contributed by atoms with Crippen LogP contribution in [0.25, 0.3) is 0 Å². The van der Waals surface area contributed by atoms with E-state index >= 15 is 0 Å². The summed E-state index contributed by atoms with van der Waals surface area (Å²) in [5.74, 6) is -1.23. The molecule has 0 heterocycles. The number of rotatable bonds is 13. The molecule has 0 saturated carbocycles. The van der Waals surface area contributed by atoms with Gasteiger partial charge in [0.15, 0.2) is 0 Å². The lowest BCUT2D eigenvalue weighted by Gasteiger charge is -2.31. The molecule has 0 rings (SSSR count). The van der Waals surface area contributed by atoms with Gasteiger partial charge in [-0.05, 0) is 25.1 Å². The number of carbonyl (C=O) groups is 2. The highest BCUT2D eigenvalue weighted by Crippen LogP contribution is 2.30. The third-order valence-corrected chi connectivity index (χ3v) is 8.66. The third-order valence-electron chi connectivity index (χ3n) is 4.20. The van der Waals surface area contributed by atoms with Crippen LogP contribution in [-0.2, 0) is 14.0 Å². The summed E-state index contributed by atoms with van der Waals surface area (Å²) in [6.45, 7) is 8.00. The molecule has 1 N–H and O–H groups in total. The van der Waals surface area contributed by atoms with E-state index in [2.05, 4.69) is 20.8 Å². The molecule has 0 unspecified atom stereocenters. The monoisotopic (exact) mass is 342 g/mol. The quantitative estimate of drug-likeness (QED) is 0.364. The van der Waals surface area contributed by atoms with Crippen LogP contribution in [0.2, 0.25) is 18.1 Å². The fourth-order valence-electron chi connectivity index (χ4n) is 2.63. The van der Waals surface area contributed by atoms with E-state index < -0.39 is 14.3 Å². The summed E-state index contributed by atoms with van der Waals surface area (Å²) in [7, 11) is -2.05. The Hall–Kier alpha value is -1.10. The molecule has 0 aromatic rings. The van der Waals surface area contributed by atoms with Gasteiger partial charge in [0.05, 0.1) is 6.42 Å². The van der Waals surface area contributed by atoms with Gasteiger partial charge in [-0.2, -0.15) is 0 Å². The molecule has 134 valence electrons. The Morgan fingerprint density at radius 1 is 0.957 bits per heavy atom. The Kier molecular flexibility index (Phi) is 11.7. The number of carbonyl (C=O) groups excluding carboxylic acids is 1. The van der Waals surface area contributed by atoms with E-state index in [1.807, 2.05) is 0 Å². The summed E-state index contributed by atoms with van der Waals surface area (Å²) in [5.41, 5.74) is 0.199. The fraction of sp³-hybridized carbons (Fsp3) is 0.778. The average molecular weight is 343 g/mol. The van der Waals surface area contributed by atoms with E-state index in [-0.39, 0.29) is 18.0 Å². The van der Waals surface area contributed by atoms with Crippen molar-refractivity contribution in [2.75, 3.05) is 0 Å². The zero-order valence-electron chi connectivity index (χ0n) is 15.3. The number of hydrogen-bond donors (Lipinski definition) is 1. The maximum Gasteiger partial charge on any atom is 0.330 e. The average Bonchev–Trinajstić information content (AvgIpc) is 2.53. The van der Waals surface area contributed by atoms with Crippen molar-refractivity contribution in [3.05, 3.63) is 11.6 Å². The lowest BCUT2D eigenvalue weighted by atomic mass is 10.2.